The Morgan fingerprint density at radius 3 is 2.47 bits per heavy atom. The number of hydrogen-bond donors (Lipinski definition) is 1. The molecule has 1 saturated carbocycles. The molecule has 3 rings (SSSR count). The summed E-state index contributed by atoms with van der Waals surface area (Å²) in [7, 11) is 0.0656. The fraction of sp³-hybridized carbons (Fsp3) is 0.458. The van der Waals surface area contributed by atoms with Crippen LogP contribution in [0.5, 0.6) is 0 Å². The van der Waals surface area contributed by atoms with Gasteiger partial charge in [-0.3, -0.25) is 4.79 Å². The predicted octanol–water partition coefficient (Wildman–Crippen LogP) is 5.13. The van der Waals surface area contributed by atoms with E-state index in [-0.39, 0.29) is 29.3 Å². The van der Waals surface area contributed by atoms with Crippen molar-refractivity contribution in [1.29, 1.82) is 0 Å². The molecule has 0 bridgehead atoms. The molecule has 1 amide bonds. The standard InChI is InChI=1S/C24H32ClN3O3S/c1-5-17(2)28(32(30,31)22-11-7-10-20(25)15-22)16-19-14-21(12-13-23(19)27(3)4)26-24(29)18-8-6-9-18/h7,10-15,17-18H,5-6,8-9,16H2,1-4H3,(H,26,29). The van der Waals surface area contributed by atoms with Crippen LogP contribution in [0, 0.1) is 5.92 Å². The zero-order valence-corrected chi connectivity index (χ0v) is 20.7. The number of anilines is 2. The number of hydrogen-bond acceptors (Lipinski definition) is 4. The molecule has 1 unspecified atom stereocenters. The second-order valence-corrected chi connectivity index (χ2v) is 10.9. The third-order valence-electron chi connectivity index (χ3n) is 6.12. The lowest BCUT2D eigenvalue weighted by molar-refractivity contribution is -0.122. The molecular weight excluding hydrogens is 446 g/mol. The third-order valence-corrected chi connectivity index (χ3v) is 8.31. The number of carbonyl (C=O) groups excluding carboxylic acids is 1. The molecule has 2 aromatic carbocycles. The molecule has 0 radical (unpaired) electrons. The molecule has 1 atom stereocenters. The van der Waals surface area contributed by atoms with Crippen molar-refractivity contribution in [2.45, 2.75) is 57.0 Å². The summed E-state index contributed by atoms with van der Waals surface area (Å²) in [5.41, 5.74) is 2.42. The van der Waals surface area contributed by atoms with E-state index in [0.717, 1.165) is 30.5 Å². The Kier molecular flexibility index (Phi) is 7.85. The van der Waals surface area contributed by atoms with E-state index in [1.165, 1.54) is 10.4 Å². The van der Waals surface area contributed by atoms with Crippen LogP contribution >= 0.6 is 11.6 Å². The van der Waals surface area contributed by atoms with Gasteiger partial charge in [0.05, 0.1) is 4.90 Å². The first-order valence-corrected chi connectivity index (χ1v) is 12.8. The van der Waals surface area contributed by atoms with Crippen molar-refractivity contribution in [1.82, 2.24) is 4.31 Å². The molecule has 0 aliphatic heterocycles. The number of amides is 1. The lowest BCUT2D eigenvalue weighted by atomic mass is 9.85. The van der Waals surface area contributed by atoms with Crippen molar-refractivity contribution < 1.29 is 13.2 Å². The van der Waals surface area contributed by atoms with Crippen LogP contribution in [-0.2, 0) is 21.4 Å². The van der Waals surface area contributed by atoms with Gasteiger partial charge in [0.25, 0.3) is 0 Å². The summed E-state index contributed by atoms with van der Waals surface area (Å²) in [6.07, 6.45) is 3.60. The number of nitrogens with one attached hydrogen (secondary N) is 1. The highest BCUT2D eigenvalue weighted by Gasteiger charge is 2.30. The Bertz CT molecular complexity index is 1070. The molecule has 2 aromatic rings. The lowest BCUT2D eigenvalue weighted by Gasteiger charge is -2.30. The first-order valence-electron chi connectivity index (χ1n) is 11.0. The van der Waals surface area contributed by atoms with Crippen LogP contribution in [0.3, 0.4) is 0 Å². The third kappa shape index (κ3) is 5.45. The quantitative estimate of drug-likeness (QED) is 0.543. The average molecular weight is 478 g/mol. The van der Waals surface area contributed by atoms with Crippen LogP contribution in [0.15, 0.2) is 47.4 Å². The molecule has 174 valence electrons. The highest BCUT2D eigenvalue weighted by Crippen LogP contribution is 2.31. The van der Waals surface area contributed by atoms with Gasteiger partial charge in [0.15, 0.2) is 0 Å². The van der Waals surface area contributed by atoms with Crippen LogP contribution in [-0.4, -0.2) is 38.8 Å². The van der Waals surface area contributed by atoms with Crippen molar-refractivity contribution in [2.24, 2.45) is 5.92 Å². The van der Waals surface area contributed by atoms with Crippen molar-refractivity contribution in [3.63, 3.8) is 0 Å². The van der Waals surface area contributed by atoms with Gasteiger partial charge in [-0.05, 0) is 68.1 Å². The van der Waals surface area contributed by atoms with Crippen molar-refractivity contribution >= 4 is 38.9 Å². The van der Waals surface area contributed by atoms with Crippen LogP contribution in [0.4, 0.5) is 11.4 Å². The largest absolute Gasteiger partial charge is 0.377 e. The molecule has 1 fully saturated rings. The molecule has 1 aliphatic rings. The van der Waals surface area contributed by atoms with Crippen LogP contribution in [0.2, 0.25) is 5.02 Å². The SMILES string of the molecule is CCC(C)N(Cc1cc(NC(=O)C2CCC2)ccc1N(C)C)S(=O)(=O)c1cccc(Cl)c1. The van der Waals surface area contributed by atoms with E-state index in [2.05, 4.69) is 5.32 Å². The van der Waals surface area contributed by atoms with Gasteiger partial charge in [0.1, 0.15) is 0 Å². The topological polar surface area (TPSA) is 69.7 Å². The second kappa shape index (κ2) is 10.2. The summed E-state index contributed by atoms with van der Waals surface area (Å²) >= 11 is 6.08. The fourth-order valence-electron chi connectivity index (χ4n) is 3.75. The molecule has 0 heterocycles. The molecule has 0 spiro atoms. The Morgan fingerprint density at radius 1 is 1.19 bits per heavy atom. The van der Waals surface area contributed by atoms with E-state index in [9.17, 15) is 13.2 Å². The number of sulfonamides is 1. The summed E-state index contributed by atoms with van der Waals surface area (Å²) < 4.78 is 28.6. The van der Waals surface area contributed by atoms with E-state index >= 15 is 0 Å². The van der Waals surface area contributed by atoms with Gasteiger partial charge in [-0.2, -0.15) is 4.31 Å². The van der Waals surface area contributed by atoms with Gasteiger partial charge in [-0.25, -0.2) is 8.42 Å². The highest BCUT2D eigenvalue weighted by molar-refractivity contribution is 7.89. The summed E-state index contributed by atoms with van der Waals surface area (Å²) in [4.78, 5) is 14.6. The monoisotopic (exact) mass is 477 g/mol. The van der Waals surface area contributed by atoms with E-state index in [1.807, 2.05) is 51.0 Å². The molecule has 8 heteroatoms. The number of nitrogens with zero attached hydrogens (tertiary/aromatic N) is 2. The minimum atomic E-state index is -3.78. The Morgan fingerprint density at radius 2 is 1.91 bits per heavy atom. The van der Waals surface area contributed by atoms with Gasteiger partial charge in [0, 0.05) is 49.0 Å². The number of carbonyl (C=O) groups is 1. The normalized spacial score (nSPS) is 15.3. The summed E-state index contributed by atoms with van der Waals surface area (Å²) in [5.74, 6) is 0.108. The fourth-order valence-corrected chi connectivity index (χ4v) is 5.74. The van der Waals surface area contributed by atoms with Gasteiger partial charge in [-0.1, -0.05) is 31.0 Å². The lowest BCUT2D eigenvalue weighted by Crippen LogP contribution is -2.38. The number of benzene rings is 2. The molecule has 0 aromatic heterocycles. The van der Waals surface area contributed by atoms with Crippen molar-refractivity contribution in [3.05, 3.63) is 53.1 Å². The summed E-state index contributed by atoms with van der Waals surface area (Å²) in [5, 5.41) is 3.38. The van der Waals surface area contributed by atoms with E-state index in [1.54, 1.807) is 18.2 Å². The van der Waals surface area contributed by atoms with Crippen LogP contribution in [0.1, 0.15) is 45.1 Å². The van der Waals surface area contributed by atoms with Gasteiger partial charge in [0.2, 0.25) is 15.9 Å². The maximum atomic E-state index is 13.6. The van der Waals surface area contributed by atoms with Crippen LogP contribution in [0.25, 0.3) is 0 Å². The molecule has 1 N–H and O–H groups in total. The molecule has 6 nitrogen and oxygen atoms in total. The zero-order chi connectivity index (χ0) is 23.5. The first-order chi connectivity index (χ1) is 15.1. The number of rotatable bonds is 9. The summed E-state index contributed by atoms with van der Waals surface area (Å²) in [6.45, 7) is 4.05. The van der Waals surface area contributed by atoms with E-state index in [0.29, 0.717) is 17.1 Å². The maximum Gasteiger partial charge on any atom is 0.243 e. The minimum absolute atomic E-state index is 0.0325. The van der Waals surface area contributed by atoms with E-state index in [4.69, 9.17) is 11.6 Å². The number of halogens is 1. The van der Waals surface area contributed by atoms with Gasteiger partial charge >= 0.3 is 0 Å². The maximum absolute atomic E-state index is 13.6. The predicted molar refractivity (Wildman–Crippen MR) is 131 cm³/mol. The van der Waals surface area contributed by atoms with Gasteiger partial charge in [-0.15, -0.1) is 0 Å². The average Bonchev–Trinajstić information content (AvgIpc) is 2.70. The molecule has 32 heavy (non-hydrogen) atoms. The first kappa shape index (κ1) is 24.6. The van der Waals surface area contributed by atoms with Crippen molar-refractivity contribution in [3.8, 4) is 0 Å². The van der Waals surface area contributed by atoms with E-state index < -0.39 is 10.0 Å². The highest BCUT2D eigenvalue weighted by atomic mass is 35.5. The molecule has 0 saturated heterocycles. The second-order valence-electron chi connectivity index (χ2n) is 8.62. The van der Waals surface area contributed by atoms with Gasteiger partial charge < -0.3 is 10.2 Å². The minimum Gasteiger partial charge on any atom is -0.377 e. The zero-order valence-electron chi connectivity index (χ0n) is 19.1. The Labute approximate surface area is 196 Å². The Hall–Kier alpha value is -2.09. The molecule has 1 aliphatic carbocycles. The van der Waals surface area contributed by atoms with Crippen LogP contribution < -0.4 is 10.2 Å². The smallest absolute Gasteiger partial charge is 0.243 e. The Balaban J connectivity index is 1.97. The summed E-state index contributed by atoms with van der Waals surface area (Å²) in [6, 6.07) is 11.8. The van der Waals surface area contributed by atoms with Crippen molar-refractivity contribution in [2.75, 3.05) is 24.3 Å². The molecular formula is C24H32ClN3O3S.